The Morgan fingerprint density at radius 3 is 2.42 bits per heavy atom. The summed E-state index contributed by atoms with van der Waals surface area (Å²) in [6.07, 6.45) is -0.225. The lowest BCUT2D eigenvalue weighted by Gasteiger charge is -2.17. The van der Waals surface area contributed by atoms with E-state index in [1.165, 1.54) is 32.9 Å². The molecule has 0 saturated carbocycles. The standard InChI is InChI=1S/C15H23N3O5S/c1-11(19)17-12-5-4-6-13(9-12)18-24(22,23)8-7-14(20)16-10-15(2,3)21/h4-6,9,18,21H,7-8,10H2,1-3H3,(H,16,20)(H,17,19). The second-order valence-corrected chi connectivity index (χ2v) is 7.86. The lowest BCUT2D eigenvalue weighted by Crippen LogP contribution is -2.38. The van der Waals surface area contributed by atoms with Crippen molar-refractivity contribution >= 4 is 33.2 Å². The summed E-state index contributed by atoms with van der Waals surface area (Å²) in [5, 5.41) is 14.5. The van der Waals surface area contributed by atoms with Gasteiger partial charge in [-0.15, -0.1) is 0 Å². The maximum Gasteiger partial charge on any atom is 0.233 e. The first kappa shape index (κ1) is 19.9. The molecule has 0 unspecified atom stereocenters. The minimum atomic E-state index is -3.71. The van der Waals surface area contributed by atoms with E-state index in [4.69, 9.17) is 0 Å². The van der Waals surface area contributed by atoms with Gasteiger partial charge >= 0.3 is 0 Å². The average molecular weight is 357 g/mol. The van der Waals surface area contributed by atoms with E-state index in [9.17, 15) is 23.1 Å². The largest absolute Gasteiger partial charge is 0.389 e. The fourth-order valence-corrected chi connectivity index (χ4v) is 2.77. The van der Waals surface area contributed by atoms with Crippen molar-refractivity contribution in [2.24, 2.45) is 0 Å². The highest BCUT2D eigenvalue weighted by Gasteiger charge is 2.17. The number of amides is 2. The van der Waals surface area contributed by atoms with Gasteiger partial charge in [-0.1, -0.05) is 6.07 Å². The number of hydrogen-bond donors (Lipinski definition) is 4. The van der Waals surface area contributed by atoms with Crippen molar-refractivity contribution in [3.05, 3.63) is 24.3 Å². The molecule has 24 heavy (non-hydrogen) atoms. The van der Waals surface area contributed by atoms with Crippen molar-refractivity contribution in [3.63, 3.8) is 0 Å². The van der Waals surface area contributed by atoms with E-state index in [1.54, 1.807) is 12.1 Å². The second kappa shape index (κ2) is 8.11. The number of anilines is 2. The number of benzene rings is 1. The number of hydrogen-bond acceptors (Lipinski definition) is 5. The van der Waals surface area contributed by atoms with E-state index in [2.05, 4.69) is 15.4 Å². The molecule has 9 heteroatoms. The van der Waals surface area contributed by atoms with Crippen LogP contribution in [-0.4, -0.2) is 43.2 Å². The number of sulfonamides is 1. The Bertz CT molecular complexity index is 695. The summed E-state index contributed by atoms with van der Waals surface area (Å²) in [6, 6.07) is 6.24. The minimum Gasteiger partial charge on any atom is -0.389 e. The Labute approximate surface area is 141 Å². The molecule has 1 rings (SSSR count). The summed E-state index contributed by atoms with van der Waals surface area (Å²) in [4.78, 5) is 22.6. The third-order valence-corrected chi connectivity index (χ3v) is 4.06. The topological polar surface area (TPSA) is 125 Å². The van der Waals surface area contributed by atoms with Crippen LogP contribution >= 0.6 is 0 Å². The van der Waals surface area contributed by atoms with Gasteiger partial charge in [0.2, 0.25) is 21.8 Å². The summed E-state index contributed by atoms with van der Waals surface area (Å²) in [5.41, 5.74) is -0.305. The molecule has 0 aliphatic heterocycles. The summed E-state index contributed by atoms with van der Waals surface area (Å²) in [6.45, 7) is 4.46. The zero-order valence-corrected chi connectivity index (χ0v) is 14.7. The highest BCUT2D eigenvalue weighted by atomic mass is 32.2. The van der Waals surface area contributed by atoms with E-state index in [1.807, 2.05) is 0 Å². The van der Waals surface area contributed by atoms with E-state index in [-0.39, 0.29) is 24.6 Å². The van der Waals surface area contributed by atoms with Crippen LogP contribution in [0.2, 0.25) is 0 Å². The molecular formula is C15H23N3O5S. The molecule has 4 N–H and O–H groups in total. The second-order valence-electron chi connectivity index (χ2n) is 6.02. The Kier molecular flexibility index (Phi) is 6.73. The predicted molar refractivity (Wildman–Crippen MR) is 92.1 cm³/mol. The quantitative estimate of drug-likeness (QED) is 0.544. The summed E-state index contributed by atoms with van der Waals surface area (Å²) >= 11 is 0. The third-order valence-electron chi connectivity index (χ3n) is 2.77. The number of carbonyl (C=O) groups is 2. The van der Waals surface area contributed by atoms with E-state index in [0.717, 1.165) is 0 Å². The van der Waals surface area contributed by atoms with Crippen LogP contribution in [0.25, 0.3) is 0 Å². The maximum absolute atomic E-state index is 12.0. The van der Waals surface area contributed by atoms with E-state index in [0.29, 0.717) is 5.69 Å². The first-order valence-electron chi connectivity index (χ1n) is 7.34. The third kappa shape index (κ3) is 8.49. The molecule has 0 bridgehead atoms. The molecular weight excluding hydrogens is 334 g/mol. The van der Waals surface area contributed by atoms with Crippen molar-refractivity contribution in [1.82, 2.24) is 5.32 Å². The van der Waals surface area contributed by atoms with Crippen molar-refractivity contribution in [1.29, 1.82) is 0 Å². The smallest absolute Gasteiger partial charge is 0.233 e. The van der Waals surface area contributed by atoms with Crippen LogP contribution in [0.4, 0.5) is 11.4 Å². The number of nitrogens with one attached hydrogen (secondary N) is 3. The van der Waals surface area contributed by atoms with Crippen LogP contribution in [0.5, 0.6) is 0 Å². The van der Waals surface area contributed by atoms with Crippen LogP contribution in [0.1, 0.15) is 27.2 Å². The lowest BCUT2D eigenvalue weighted by molar-refractivity contribution is -0.121. The fraction of sp³-hybridized carbons (Fsp3) is 0.467. The maximum atomic E-state index is 12.0. The van der Waals surface area contributed by atoms with Crippen LogP contribution in [0, 0.1) is 0 Å². The van der Waals surface area contributed by atoms with Crippen molar-refractivity contribution in [3.8, 4) is 0 Å². The van der Waals surface area contributed by atoms with Gasteiger partial charge in [0, 0.05) is 25.6 Å². The Morgan fingerprint density at radius 2 is 1.83 bits per heavy atom. The zero-order chi connectivity index (χ0) is 18.4. The van der Waals surface area contributed by atoms with E-state index >= 15 is 0 Å². The molecule has 0 aliphatic rings. The van der Waals surface area contributed by atoms with E-state index < -0.39 is 27.3 Å². The first-order chi connectivity index (χ1) is 11.0. The van der Waals surface area contributed by atoms with Gasteiger partial charge in [0.15, 0.2) is 0 Å². The van der Waals surface area contributed by atoms with Gasteiger partial charge in [-0.2, -0.15) is 0 Å². The van der Waals surface area contributed by atoms with Gasteiger partial charge in [0.05, 0.1) is 17.0 Å². The van der Waals surface area contributed by atoms with Crippen LogP contribution in [0.15, 0.2) is 24.3 Å². The fourth-order valence-electron chi connectivity index (χ4n) is 1.72. The van der Waals surface area contributed by atoms with Gasteiger partial charge < -0.3 is 15.7 Å². The minimum absolute atomic E-state index is 0.0398. The Morgan fingerprint density at radius 1 is 1.21 bits per heavy atom. The SMILES string of the molecule is CC(=O)Nc1cccc(NS(=O)(=O)CCC(=O)NCC(C)(C)O)c1. The molecule has 0 spiro atoms. The molecule has 0 saturated heterocycles. The molecule has 8 nitrogen and oxygen atoms in total. The van der Waals surface area contributed by atoms with Gasteiger partial charge in [-0.3, -0.25) is 14.3 Å². The lowest BCUT2D eigenvalue weighted by atomic mass is 10.1. The molecule has 0 radical (unpaired) electrons. The summed E-state index contributed by atoms with van der Waals surface area (Å²) in [5.74, 6) is -1.12. The van der Waals surface area contributed by atoms with Gasteiger partial charge in [0.1, 0.15) is 0 Å². The molecule has 0 aromatic heterocycles. The van der Waals surface area contributed by atoms with Crippen molar-refractivity contribution < 1.29 is 23.1 Å². The van der Waals surface area contributed by atoms with Crippen LogP contribution in [-0.2, 0) is 19.6 Å². The highest BCUT2D eigenvalue weighted by molar-refractivity contribution is 7.92. The highest BCUT2D eigenvalue weighted by Crippen LogP contribution is 2.16. The molecule has 0 atom stereocenters. The Hall–Kier alpha value is -2.13. The molecule has 0 aliphatic carbocycles. The van der Waals surface area contributed by atoms with Gasteiger partial charge in [-0.25, -0.2) is 8.42 Å². The van der Waals surface area contributed by atoms with Crippen LogP contribution in [0.3, 0.4) is 0 Å². The van der Waals surface area contributed by atoms with Gasteiger partial charge in [0.25, 0.3) is 0 Å². The predicted octanol–water partition coefficient (Wildman–Crippen LogP) is 0.664. The zero-order valence-electron chi connectivity index (χ0n) is 13.9. The normalized spacial score (nSPS) is 11.7. The number of aliphatic hydroxyl groups is 1. The molecule has 0 fully saturated rings. The monoisotopic (exact) mass is 357 g/mol. The summed E-state index contributed by atoms with van der Waals surface area (Å²) < 4.78 is 26.4. The molecule has 2 amide bonds. The Balaban J connectivity index is 2.57. The van der Waals surface area contributed by atoms with Crippen LogP contribution < -0.4 is 15.4 Å². The average Bonchev–Trinajstić information content (AvgIpc) is 2.41. The number of rotatable bonds is 8. The van der Waals surface area contributed by atoms with Crippen molar-refractivity contribution in [2.75, 3.05) is 22.3 Å². The van der Waals surface area contributed by atoms with Crippen molar-refractivity contribution in [2.45, 2.75) is 32.8 Å². The van der Waals surface area contributed by atoms with Gasteiger partial charge in [-0.05, 0) is 32.0 Å². The molecule has 0 heterocycles. The molecule has 1 aromatic carbocycles. The molecule has 1 aromatic rings. The summed E-state index contributed by atoms with van der Waals surface area (Å²) in [7, 11) is -3.71. The first-order valence-corrected chi connectivity index (χ1v) is 8.99. The number of carbonyl (C=O) groups excluding carboxylic acids is 2. The molecule has 134 valence electrons.